The van der Waals surface area contributed by atoms with Gasteiger partial charge < -0.3 is 19.9 Å². The first-order chi connectivity index (χ1) is 28.4. The average molecular weight is 824 g/mol. The molecule has 0 bridgehead atoms. The summed E-state index contributed by atoms with van der Waals surface area (Å²) in [6, 6.07) is 8.82. The van der Waals surface area contributed by atoms with E-state index in [1.54, 1.807) is 24.4 Å². The summed E-state index contributed by atoms with van der Waals surface area (Å²) in [5, 5.41) is 14.7. The van der Waals surface area contributed by atoms with E-state index in [4.69, 9.17) is 21.6 Å². The van der Waals surface area contributed by atoms with E-state index in [1.165, 1.54) is 12.3 Å². The molecule has 2 N–H and O–H groups in total. The third kappa shape index (κ3) is 7.46. The van der Waals surface area contributed by atoms with Gasteiger partial charge in [-0.25, -0.2) is 14.4 Å². The highest BCUT2D eigenvalue weighted by molar-refractivity contribution is 6.31. The fraction of sp³-hybridized carbons (Fsp3) is 0.476. The summed E-state index contributed by atoms with van der Waals surface area (Å²) >= 11 is 6.14. The highest BCUT2D eigenvalue weighted by Crippen LogP contribution is 2.53. The molecule has 1 unspecified atom stereocenters. The number of nitrogens with one attached hydrogen (secondary N) is 2. The largest absolute Gasteiger partial charge is 0.490 e. The van der Waals surface area contributed by atoms with Crippen LogP contribution in [-0.4, -0.2) is 113 Å². The Hall–Kier alpha value is -5.66. The minimum atomic E-state index is -1.10. The Morgan fingerprint density at radius 1 is 0.966 bits per heavy atom. The fourth-order valence-corrected chi connectivity index (χ4v) is 9.83. The zero-order valence-corrected chi connectivity index (χ0v) is 33.2. The molecule has 4 aliphatic heterocycles. The number of hydrogen-bond acceptors (Lipinski definition) is 12. The van der Waals surface area contributed by atoms with Crippen LogP contribution in [0.4, 0.5) is 15.9 Å². The lowest BCUT2D eigenvalue weighted by molar-refractivity contribution is -0.136. The summed E-state index contributed by atoms with van der Waals surface area (Å²) in [5.41, 5.74) is 0.984. The Bertz CT molecular complexity index is 2270. The van der Waals surface area contributed by atoms with E-state index in [0.29, 0.717) is 47.2 Å². The van der Waals surface area contributed by atoms with Crippen LogP contribution in [0.3, 0.4) is 0 Å². The predicted molar refractivity (Wildman–Crippen MR) is 211 cm³/mol. The number of anilines is 2. The Balaban J connectivity index is 0.725. The molecule has 5 fully saturated rings. The molecular weight excluding hydrogens is 781 g/mol. The van der Waals surface area contributed by atoms with Crippen molar-refractivity contribution in [1.29, 1.82) is 5.26 Å². The SMILES string of the molecule is C[C@@H]1CN(c2cnc(C(=O)NC3CCC(Oc4ccc(C#N)c(Cl)c4)CC3)cn2)CCN1C[C@@H]1[C@@H]2CN(c3cc4c(cc3F)C(=O)N(C3CCC(=O)NC3=O)C4=O)C[C@@H]21. The summed E-state index contributed by atoms with van der Waals surface area (Å²) in [6.45, 7) is 6.80. The zero-order valence-electron chi connectivity index (χ0n) is 32.4. The van der Waals surface area contributed by atoms with Gasteiger partial charge in [-0.2, -0.15) is 5.26 Å². The van der Waals surface area contributed by atoms with Crippen LogP contribution in [0.15, 0.2) is 42.7 Å². The highest BCUT2D eigenvalue weighted by atomic mass is 35.5. The second-order valence-electron chi connectivity index (χ2n) is 16.6. The number of hydrogen-bond donors (Lipinski definition) is 2. The van der Waals surface area contributed by atoms with Gasteiger partial charge in [-0.15, -0.1) is 0 Å². The number of imide groups is 2. The number of carbonyl (C=O) groups is 5. The Labute approximate surface area is 344 Å². The molecular formula is C42H43ClFN9O6. The lowest BCUT2D eigenvalue weighted by Gasteiger charge is -2.40. The summed E-state index contributed by atoms with van der Waals surface area (Å²) in [5.74, 6) is -0.724. The van der Waals surface area contributed by atoms with Gasteiger partial charge in [0, 0.05) is 63.8 Å². The molecule has 1 aromatic heterocycles. The lowest BCUT2D eigenvalue weighted by Crippen LogP contribution is -2.54. The van der Waals surface area contributed by atoms with Gasteiger partial charge in [-0.1, -0.05) is 11.6 Å². The van der Waals surface area contributed by atoms with Gasteiger partial charge in [0.05, 0.1) is 45.9 Å². The van der Waals surface area contributed by atoms with Gasteiger partial charge in [0.25, 0.3) is 17.7 Å². The van der Waals surface area contributed by atoms with Crippen LogP contribution in [-0.2, 0) is 9.59 Å². The van der Waals surface area contributed by atoms with Crippen molar-refractivity contribution in [3.8, 4) is 11.8 Å². The Kier molecular flexibility index (Phi) is 10.2. The van der Waals surface area contributed by atoms with Crippen molar-refractivity contribution < 1.29 is 33.1 Å². The molecule has 5 atom stereocenters. The minimum Gasteiger partial charge on any atom is -0.490 e. The molecule has 306 valence electrons. The van der Waals surface area contributed by atoms with Gasteiger partial charge in [-0.3, -0.25) is 39.1 Å². The molecule has 15 nitrogen and oxygen atoms in total. The first kappa shape index (κ1) is 38.8. The van der Waals surface area contributed by atoms with Crippen molar-refractivity contribution >= 4 is 52.6 Å². The third-order valence-corrected chi connectivity index (χ3v) is 13.3. The highest BCUT2D eigenvalue weighted by Gasteiger charge is 2.57. The van der Waals surface area contributed by atoms with Crippen LogP contribution in [0, 0.1) is 34.9 Å². The van der Waals surface area contributed by atoms with E-state index < -0.39 is 35.5 Å². The fourth-order valence-electron chi connectivity index (χ4n) is 9.62. The number of halogens is 2. The molecule has 6 aliphatic rings. The van der Waals surface area contributed by atoms with E-state index >= 15 is 4.39 Å². The summed E-state index contributed by atoms with van der Waals surface area (Å²) in [7, 11) is 0. The molecule has 59 heavy (non-hydrogen) atoms. The van der Waals surface area contributed by atoms with E-state index in [2.05, 4.69) is 37.3 Å². The molecule has 3 saturated heterocycles. The Morgan fingerprint density at radius 2 is 1.71 bits per heavy atom. The number of nitriles is 1. The molecule has 0 spiro atoms. The van der Waals surface area contributed by atoms with Crippen molar-refractivity contribution in [1.82, 2.24) is 30.4 Å². The number of amides is 5. The standard InChI is InChI=1S/C42H43ClFN9O6/c1-22-18-51(37-17-46-34(16-47-37)39(55)48-24-3-6-25(7-4-24)59-26-5-2-23(15-45)32(43)12-26)11-10-50(22)19-29-30-20-52(21-31(29)30)36-14-28-27(13-33(36)44)41(57)53(42(28)58)35-8-9-38(54)49-40(35)56/h2,5,12-14,16-17,22,24-25,29-31,35H,3-4,6-11,18-21H2,1H3,(H,48,55)(H,49,54,56)/t22-,24?,25?,29-,30+,31-,35?/m1/s1. The first-order valence-electron chi connectivity index (χ1n) is 20.2. The van der Waals surface area contributed by atoms with E-state index in [0.717, 1.165) is 68.6 Å². The molecule has 2 aromatic carbocycles. The average Bonchev–Trinajstić information content (AvgIpc) is 3.53. The number of aromatic nitrogens is 2. The van der Waals surface area contributed by atoms with Crippen LogP contribution in [0.2, 0.25) is 5.02 Å². The van der Waals surface area contributed by atoms with Gasteiger partial charge in [-0.05, 0) is 81.0 Å². The number of piperidine rings is 2. The third-order valence-electron chi connectivity index (χ3n) is 13.0. The monoisotopic (exact) mass is 823 g/mol. The van der Waals surface area contributed by atoms with E-state index in [-0.39, 0.29) is 59.4 Å². The summed E-state index contributed by atoms with van der Waals surface area (Å²) < 4.78 is 21.6. The summed E-state index contributed by atoms with van der Waals surface area (Å²) in [6.07, 6.45) is 6.34. The normalized spacial score (nSPS) is 27.9. The van der Waals surface area contributed by atoms with Crippen molar-refractivity contribution in [2.45, 2.75) is 69.7 Å². The van der Waals surface area contributed by atoms with Crippen LogP contribution in [0.25, 0.3) is 0 Å². The molecule has 2 aliphatic carbocycles. The van der Waals surface area contributed by atoms with Crippen LogP contribution < -0.4 is 25.2 Å². The van der Waals surface area contributed by atoms with Gasteiger partial charge in [0.15, 0.2) is 0 Å². The topological polar surface area (TPSA) is 181 Å². The first-order valence-corrected chi connectivity index (χ1v) is 20.6. The van der Waals surface area contributed by atoms with Crippen LogP contribution >= 0.6 is 11.6 Å². The van der Waals surface area contributed by atoms with Gasteiger partial charge >= 0.3 is 0 Å². The van der Waals surface area contributed by atoms with Gasteiger partial charge in [0.1, 0.15) is 35.2 Å². The van der Waals surface area contributed by atoms with Crippen molar-refractivity contribution in [2.75, 3.05) is 49.1 Å². The van der Waals surface area contributed by atoms with Crippen LogP contribution in [0.1, 0.15) is 82.2 Å². The molecule has 9 rings (SSSR count). The summed E-state index contributed by atoms with van der Waals surface area (Å²) in [4.78, 5) is 80.1. The Morgan fingerprint density at radius 3 is 2.37 bits per heavy atom. The lowest BCUT2D eigenvalue weighted by atomic mass is 9.93. The molecule has 0 radical (unpaired) electrons. The maximum absolute atomic E-state index is 15.5. The number of nitrogens with zero attached hydrogens (tertiary/aromatic N) is 7. The maximum atomic E-state index is 15.5. The molecule has 2 saturated carbocycles. The number of carbonyl (C=O) groups excluding carboxylic acids is 5. The second kappa shape index (κ2) is 15.5. The molecule has 3 aromatic rings. The number of piperazine rings is 1. The number of rotatable bonds is 9. The molecule has 5 heterocycles. The minimum absolute atomic E-state index is 0.00323. The number of benzene rings is 2. The van der Waals surface area contributed by atoms with Crippen molar-refractivity contribution in [3.05, 3.63) is 75.9 Å². The quantitative estimate of drug-likeness (QED) is 0.300. The van der Waals surface area contributed by atoms with E-state index in [9.17, 15) is 24.0 Å². The van der Waals surface area contributed by atoms with Crippen molar-refractivity contribution in [3.63, 3.8) is 0 Å². The van der Waals surface area contributed by atoms with Gasteiger partial charge in [0.2, 0.25) is 11.8 Å². The molecule has 17 heteroatoms. The zero-order chi connectivity index (χ0) is 41.1. The molecule has 5 amide bonds. The maximum Gasteiger partial charge on any atom is 0.271 e. The van der Waals surface area contributed by atoms with E-state index in [1.807, 2.05) is 11.0 Å². The predicted octanol–water partition coefficient (Wildman–Crippen LogP) is 3.55. The van der Waals surface area contributed by atoms with Crippen LogP contribution in [0.5, 0.6) is 5.75 Å². The van der Waals surface area contributed by atoms with Crippen molar-refractivity contribution in [2.24, 2.45) is 17.8 Å². The second-order valence-corrected chi connectivity index (χ2v) is 17.0. The number of fused-ring (bicyclic) bond motifs is 2. The number of ether oxygens (including phenoxy) is 1. The smallest absolute Gasteiger partial charge is 0.271 e.